The zero-order valence-electron chi connectivity index (χ0n) is 19.5. The molecule has 0 saturated carbocycles. The Morgan fingerprint density at radius 2 is 1.88 bits per heavy atom. The quantitative estimate of drug-likeness (QED) is 0.569. The van der Waals surface area contributed by atoms with Crippen molar-refractivity contribution in [3.05, 3.63) is 53.9 Å². The summed E-state index contributed by atoms with van der Waals surface area (Å²) in [7, 11) is 0. The molecule has 2 aliphatic heterocycles. The molecule has 3 aromatic rings. The lowest BCUT2D eigenvalue weighted by Gasteiger charge is -2.29. The van der Waals surface area contributed by atoms with Crippen molar-refractivity contribution >= 4 is 28.9 Å². The third kappa shape index (κ3) is 3.90. The third-order valence-corrected chi connectivity index (χ3v) is 6.93. The zero-order chi connectivity index (χ0) is 23.9. The summed E-state index contributed by atoms with van der Waals surface area (Å²) < 4.78 is 29.7. The van der Waals surface area contributed by atoms with Gasteiger partial charge in [0.15, 0.2) is 5.82 Å². The molecule has 0 amide bonds. The first-order valence-electron chi connectivity index (χ1n) is 11.5. The lowest BCUT2D eigenvalue weighted by atomic mass is 9.77. The maximum absolute atomic E-state index is 15.0. The van der Waals surface area contributed by atoms with Crippen molar-refractivity contribution in [3.8, 4) is 11.3 Å². The second-order valence-corrected chi connectivity index (χ2v) is 8.89. The van der Waals surface area contributed by atoms with Gasteiger partial charge in [0, 0.05) is 42.9 Å². The van der Waals surface area contributed by atoms with Crippen molar-refractivity contribution in [2.75, 3.05) is 36.4 Å². The van der Waals surface area contributed by atoms with Crippen molar-refractivity contribution in [2.24, 2.45) is 4.99 Å². The Morgan fingerprint density at radius 3 is 2.59 bits per heavy atom. The van der Waals surface area contributed by atoms with E-state index in [1.54, 1.807) is 12.3 Å². The summed E-state index contributed by atoms with van der Waals surface area (Å²) in [5.74, 6) is -0.382. The highest BCUT2D eigenvalue weighted by Gasteiger charge is 2.37. The Hall–Kier alpha value is -3.46. The summed E-state index contributed by atoms with van der Waals surface area (Å²) in [4.78, 5) is 19.5. The van der Waals surface area contributed by atoms with Crippen LogP contribution in [0.2, 0.25) is 0 Å². The number of pyridine rings is 1. The van der Waals surface area contributed by atoms with Gasteiger partial charge in [-0.2, -0.15) is 0 Å². The normalized spacial score (nSPS) is 19.7. The van der Waals surface area contributed by atoms with Crippen LogP contribution in [0.1, 0.15) is 32.8 Å². The maximum atomic E-state index is 15.0. The summed E-state index contributed by atoms with van der Waals surface area (Å²) >= 11 is 0. The molecule has 1 atom stereocenters. The number of halogens is 2. The first kappa shape index (κ1) is 22.3. The maximum Gasteiger partial charge on any atom is 0.229 e. The zero-order valence-corrected chi connectivity index (χ0v) is 19.5. The molecule has 176 valence electrons. The van der Waals surface area contributed by atoms with Crippen LogP contribution in [0.15, 0.2) is 41.7 Å². The van der Waals surface area contributed by atoms with E-state index in [9.17, 15) is 8.78 Å². The number of hydrogen-bond donors (Lipinski definition) is 2. The monoisotopic (exact) mass is 463 g/mol. The Morgan fingerprint density at radius 1 is 1.09 bits per heavy atom. The Kier molecular flexibility index (Phi) is 5.73. The fraction of sp³-hybridized carbons (Fsp3) is 0.360. The minimum Gasteiger partial charge on any atom is -0.368 e. The molecule has 2 aliphatic rings. The van der Waals surface area contributed by atoms with Gasteiger partial charge in [-0.1, -0.05) is 13.8 Å². The van der Waals surface area contributed by atoms with Gasteiger partial charge in [-0.15, -0.1) is 0 Å². The first-order valence-corrected chi connectivity index (χ1v) is 11.5. The molecular formula is C25H27F2N7. The molecule has 0 bridgehead atoms. The number of benzene rings is 1. The first-order chi connectivity index (χ1) is 16.4. The predicted octanol–water partition coefficient (Wildman–Crippen LogP) is 4.74. The van der Waals surface area contributed by atoms with Crippen LogP contribution in [0, 0.1) is 11.6 Å². The molecule has 0 aliphatic carbocycles. The van der Waals surface area contributed by atoms with Crippen LogP contribution >= 0.6 is 0 Å². The SMILES string of the molecule is CCC1(C)C(C)=Nc2c(F)cc(-c3nc(Nc4ccc(N5CCNCC5)cn4)ncc3F)cc21. The van der Waals surface area contributed by atoms with Crippen LogP contribution in [0.4, 0.5) is 31.9 Å². The van der Waals surface area contributed by atoms with Crippen LogP contribution in [-0.4, -0.2) is 46.8 Å². The van der Waals surface area contributed by atoms with Crippen LogP contribution in [0.3, 0.4) is 0 Å². The van der Waals surface area contributed by atoms with Gasteiger partial charge in [-0.3, -0.25) is 4.99 Å². The summed E-state index contributed by atoms with van der Waals surface area (Å²) in [6.45, 7) is 9.70. The number of nitrogens with one attached hydrogen (secondary N) is 2. The molecule has 2 N–H and O–H groups in total. The van der Waals surface area contributed by atoms with E-state index in [4.69, 9.17) is 0 Å². The van der Waals surface area contributed by atoms with Crippen molar-refractivity contribution in [3.63, 3.8) is 0 Å². The van der Waals surface area contributed by atoms with Gasteiger partial charge >= 0.3 is 0 Å². The Balaban J connectivity index is 1.43. The van der Waals surface area contributed by atoms with E-state index in [-0.39, 0.29) is 11.6 Å². The Labute approximate surface area is 197 Å². The number of nitrogens with zero attached hydrogens (tertiary/aromatic N) is 5. The van der Waals surface area contributed by atoms with Gasteiger partial charge in [0.2, 0.25) is 5.95 Å². The van der Waals surface area contributed by atoms with Gasteiger partial charge in [0.05, 0.1) is 18.1 Å². The molecule has 1 aromatic carbocycles. The van der Waals surface area contributed by atoms with Gasteiger partial charge in [-0.25, -0.2) is 23.7 Å². The fourth-order valence-electron chi connectivity index (χ4n) is 4.52. The number of hydrogen-bond acceptors (Lipinski definition) is 7. The van der Waals surface area contributed by atoms with Gasteiger partial charge in [-0.05, 0) is 43.2 Å². The Bertz CT molecular complexity index is 1250. The van der Waals surface area contributed by atoms with E-state index in [1.807, 2.05) is 32.9 Å². The minimum atomic E-state index is -0.624. The van der Waals surface area contributed by atoms with E-state index in [0.717, 1.165) is 55.8 Å². The molecule has 34 heavy (non-hydrogen) atoms. The van der Waals surface area contributed by atoms with Crippen molar-refractivity contribution in [1.82, 2.24) is 20.3 Å². The molecule has 1 unspecified atom stereocenters. The number of anilines is 3. The molecule has 0 radical (unpaired) electrons. The second-order valence-electron chi connectivity index (χ2n) is 8.89. The molecule has 1 fully saturated rings. The number of aromatic nitrogens is 3. The largest absolute Gasteiger partial charge is 0.368 e. The lowest BCUT2D eigenvalue weighted by molar-refractivity contribution is 0.589. The molecule has 5 rings (SSSR count). The molecule has 2 aromatic heterocycles. The molecule has 9 heteroatoms. The van der Waals surface area contributed by atoms with Crippen LogP contribution in [-0.2, 0) is 5.41 Å². The average Bonchev–Trinajstić information content (AvgIpc) is 3.12. The smallest absolute Gasteiger partial charge is 0.229 e. The van der Waals surface area contributed by atoms with E-state index in [2.05, 4.69) is 35.5 Å². The van der Waals surface area contributed by atoms with Crippen molar-refractivity contribution < 1.29 is 8.78 Å². The van der Waals surface area contributed by atoms with Gasteiger partial charge < -0.3 is 15.5 Å². The number of fused-ring (bicyclic) bond motifs is 1. The molecule has 1 saturated heterocycles. The molecule has 4 heterocycles. The van der Waals surface area contributed by atoms with Crippen molar-refractivity contribution in [1.29, 1.82) is 0 Å². The van der Waals surface area contributed by atoms with E-state index < -0.39 is 17.0 Å². The molecule has 0 spiro atoms. The number of piperazine rings is 1. The van der Waals surface area contributed by atoms with Crippen LogP contribution in [0.25, 0.3) is 11.3 Å². The highest BCUT2D eigenvalue weighted by molar-refractivity contribution is 6.00. The summed E-state index contributed by atoms with van der Waals surface area (Å²) in [5, 5.41) is 6.35. The third-order valence-electron chi connectivity index (χ3n) is 6.93. The summed E-state index contributed by atoms with van der Waals surface area (Å²) in [6.07, 6.45) is 3.64. The average molecular weight is 464 g/mol. The van der Waals surface area contributed by atoms with Gasteiger partial charge in [0.25, 0.3) is 0 Å². The topological polar surface area (TPSA) is 78.3 Å². The van der Waals surface area contributed by atoms with Crippen LogP contribution in [0.5, 0.6) is 0 Å². The molecular weight excluding hydrogens is 436 g/mol. The lowest BCUT2D eigenvalue weighted by Crippen LogP contribution is -2.43. The highest BCUT2D eigenvalue weighted by Crippen LogP contribution is 2.45. The van der Waals surface area contributed by atoms with E-state index >= 15 is 0 Å². The number of aliphatic imine (C=N–C) groups is 1. The van der Waals surface area contributed by atoms with E-state index in [1.165, 1.54) is 6.07 Å². The number of rotatable bonds is 5. The van der Waals surface area contributed by atoms with Gasteiger partial charge in [0.1, 0.15) is 23.0 Å². The van der Waals surface area contributed by atoms with E-state index in [0.29, 0.717) is 17.1 Å². The minimum absolute atomic E-state index is 0.0274. The molecule has 7 nitrogen and oxygen atoms in total. The summed E-state index contributed by atoms with van der Waals surface area (Å²) in [5.41, 5.74) is 2.95. The van der Waals surface area contributed by atoms with Crippen molar-refractivity contribution in [2.45, 2.75) is 32.6 Å². The second kappa shape index (κ2) is 8.72. The predicted molar refractivity (Wildman–Crippen MR) is 130 cm³/mol. The summed E-state index contributed by atoms with van der Waals surface area (Å²) in [6, 6.07) is 6.89. The highest BCUT2D eigenvalue weighted by atomic mass is 19.1. The standard InChI is InChI=1S/C25H27F2N7/c1-4-25(3)15(2)31-23-18(25)11-16(12-19(23)26)22-20(27)14-30-24(33-22)32-21-6-5-17(13-29-21)34-9-7-28-8-10-34/h5-6,11-14,28H,4,7-10H2,1-3H3,(H,29,30,32,33). The fourth-order valence-corrected chi connectivity index (χ4v) is 4.52. The van der Waals surface area contributed by atoms with Crippen LogP contribution < -0.4 is 15.5 Å².